The van der Waals surface area contributed by atoms with Crippen molar-refractivity contribution in [3.63, 3.8) is 0 Å². The number of nitrogens with zero attached hydrogens (tertiary/aromatic N) is 3. The zero-order valence-electron chi connectivity index (χ0n) is 8.61. The molecule has 0 atom stereocenters. The van der Waals surface area contributed by atoms with Crippen LogP contribution in [0.3, 0.4) is 0 Å². The molecule has 80 valence electrons. The summed E-state index contributed by atoms with van der Waals surface area (Å²) < 4.78 is 1.75. The molecule has 16 heavy (non-hydrogen) atoms. The molecule has 1 N–H and O–H groups in total. The number of fused-ring (bicyclic) bond motifs is 1. The SMILES string of the molecule is Cn1cc(-c2nc3ccc(Cl)cc3[nH]2)cn1. The number of aryl methyl sites for hydroxylation is 1. The Hall–Kier alpha value is -1.81. The summed E-state index contributed by atoms with van der Waals surface area (Å²) in [6.45, 7) is 0. The van der Waals surface area contributed by atoms with Gasteiger partial charge in [0.05, 0.1) is 22.8 Å². The first-order chi connectivity index (χ1) is 7.72. The van der Waals surface area contributed by atoms with E-state index in [-0.39, 0.29) is 0 Å². The first-order valence-corrected chi connectivity index (χ1v) is 5.24. The van der Waals surface area contributed by atoms with Crippen molar-refractivity contribution in [2.45, 2.75) is 0 Å². The van der Waals surface area contributed by atoms with Crippen molar-refractivity contribution in [1.82, 2.24) is 19.7 Å². The summed E-state index contributed by atoms with van der Waals surface area (Å²) in [5.41, 5.74) is 2.81. The number of hydrogen-bond acceptors (Lipinski definition) is 2. The molecule has 2 heterocycles. The van der Waals surface area contributed by atoms with Crippen LogP contribution in [-0.2, 0) is 7.05 Å². The molecule has 0 aliphatic carbocycles. The van der Waals surface area contributed by atoms with Crippen LogP contribution in [0, 0.1) is 0 Å². The highest BCUT2D eigenvalue weighted by Gasteiger charge is 2.06. The number of hydrogen-bond donors (Lipinski definition) is 1. The molecule has 0 unspecified atom stereocenters. The number of H-pyrrole nitrogens is 1. The fourth-order valence-electron chi connectivity index (χ4n) is 1.66. The molecular formula is C11H9ClN4. The second-order valence-electron chi connectivity index (χ2n) is 3.65. The van der Waals surface area contributed by atoms with E-state index in [9.17, 15) is 0 Å². The van der Waals surface area contributed by atoms with Crippen LogP contribution >= 0.6 is 11.6 Å². The number of aromatic amines is 1. The number of benzene rings is 1. The van der Waals surface area contributed by atoms with E-state index < -0.39 is 0 Å². The van der Waals surface area contributed by atoms with E-state index in [1.807, 2.05) is 31.4 Å². The first-order valence-electron chi connectivity index (χ1n) is 4.87. The standard InChI is InChI=1S/C11H9ClN4/c1-16-6-7(5-13-16)11-14-9-3-2-8(12)4-10(9)15-11/h2-6H,1H3,(H,14,15). The molecule has 0 aliphatic rings. The van der Waals surface area contributed by atoms with Crippen molar-refractivity contribution in [1.29, 1.82) is 0 Å². The third-order valence-corrected chi connectivity index (χ3v) is 2.66. The average Bonchev–Trinajstić information content (AvgIpc) is 2.83. The Bertz CT molecular complexity index is 653. The van der Waals surface area contributed by atoms with Gasteiger partial charge in [0.15, 0.2) is 0 Å². The fourth-order valence-corrected chi connectivity index (χ4v) is 1.83. The van der Waals surface area contributed by atoms with Gasteiger partial charge >= 0.3 is 0 Å². The minimum Gasteiger partial charge on any atom is -0.338 e. The molecule has 0 spiro atoms. The van der Waals surface area contributed by atoms with Crippen LogP contribution in [0.2, 0.25) is 5.02 Å². The van der Waals surface area contributed by atoms with E-state index in [0.717, 1.165) is 22.4 Å². The molecule has 0 bridgehead atoms. The van der Waals surface area contributed by atoms with Gasteiger partial charge in [-0.1, -0.05) is 11.6 Å². The van der Waals surface area contributed by atoms with Crippen LogP contribution in [0.4, 0.5) is 0 Å². The van der Waals surface area contributed by atoms with Crippen LogP contribution in [0.1, 0.15) is 0 Å². The summed E-state index contributed by atoms with van der Waals surface area (Å²) >= 11 is 5.91. The highest BCUT2D eigenvalue weighted by Crippen LogP contribution is 2.22. The Morgan fingerprint density at radius 1 is 1.38 bits per heavy atom. The number of halogens is 1. The minimum absolute atomic E-state index is 0.703. The maximum absolute atomic E-state index is 5.91. The van der Waals surface area contributed by atoms with Crippen LogP contribution < -0.4 is 0 Å². The van der Waals surface area contributed by atoms with E-state index in [2.05, 4.69) is 15.1 Å². The Morgan fingerprint density at radius 2 is 2.25 bits per heavy atom. The van der Waals surface area contributed by atoms with Gasteiger partial charge in [0.2, 0.25) is 0 Å². The smallest absolute Gasteiger partial charge is 0.141 e. The molecule has 0 aliphatic heterocycles. The van der Waals surface area contributed by atoms with Gasteiger partial charge in [-0.2, -0.15) is 5.10 Å². The maximum Gasteiger partial charge on any atom is 0.141 e. The van der Waals surface area contributed by atoms with E-state index in [1.54, 1.807) is 10.9 Å². The highest BCUT2D eigenvalue weighted by atomic mass is 35.5. The maximum atomic E-state index is 5.91. The molecule has 0 fully saturated rings. The van der Waals surface area contributed by atoms with E-state index >= 15 is 0 Å². The Balaban J connectivity index is 2.18. The molecule has 3 aromatic rings. The topological polar surface area (TPSA) is 46.5 Å². The average molecular weight is 233 g/mol. The lowest BCUT2D eigenvalue weighted by molar-refractivity contribution is 0.768. The summed E-state index contributed by atoms with van der Waals surface area (Å²) in [6, 6.07) is 5.59. The summed E-state index contributed by atoms with van der Waals surface area (Å²) in [4.78, 5) is 7.69. The van der Waals surface area contributed by atoms with Crippen molar-refractivity contribution in [2.24, 2.45) is 7.05 Å². The van der Waals surface area contributed by atoms with Crippen LogP contribution in [-0.4, -0.2) is 19.7 Å². The molecule has 5 heteroatoms. The molecule has 4 nitrogen and oxygen atoms in total. The quantitative estimate of drug-likeness (QED) is 0.701. The van der Waals surface area contributed by atoms with Crippen LogP contribution in [0.25, 0.3) is 22.4 Å². The molecule has 0 saturated carbocycles. The van der Waals surface area contributed by atoms with E-state index in [1.165, 1.54) is 0 Å². The number of imidazole rings is 1. The number of aromatic nitrogens is 4. The largest absolute Gasteiger partial charge is 0.338 e. The number of nitrogens with one attached hydrogen (secondary N) is 1. The van der Waals surface area contributed by atoms with Gasteiger partial charge in [0.1, 0.15) is 5.82 Å². The monoisotopic (exact) mass is 232 g/mol. The predicted octanol–water partition coefficient (Wildman–Crippen LogP) is 2.62. The fraction of sp³-hybridized carbons (Fsp3) is 0.0909. The van der Waals surface area contributed by atoms with Crippen molar-refractivity contribution in [3.8, 4) is 11.4 Å². The predicted molar refractivity (Wildman–Crippen MR) is 63.3 cm³/mol. The van der Waals surface area contributed by atoms with Gasteiger partial charge in [-0.25, -0.2) is 4.98 Å². The van der Waals surface area contributed by atoms with Gasteiger partial charge in [-0.3, -0.25) is 4.68 Å². The van der Waals surface area contributed by atoms with Crippen molar-refractivity contribution >= 4 is 22.6 Å². The Morgan fingerprint density at radius 3 is 3.00 bits per heavy atom. The summed E-state index contributed by atoms with van der Waals surface area (Å²) in [7, 11) is 1.88. The van der Waals surface area contributed by atoms with Crippen molar-refractivity contribution in [2.75, 3.05) is 0 Å². The summed E-state index contributed by atoms with van der Waals surface area (Å²) in [6.07, 6.45) is 3.69. The zero-order valence-corrected chi connectivity index (χ0v) is 9.36. The lowest BCUT2D eigenvalue weighted by Gasteiger charge is -1.87. The number of rotatable bonds is 1. The van der Waals surface area contributed by atoms with Crippen molar-refractivity contribution < 1.29 is 0 Å². The van der Waals surface area contributed by atoms with Crippen LogP contribution in [0.5, 0.6) is 0 Å². The zero-order chi connectivity index (χ0) is 11.1. The van der Waals surface area contributed by atoms with Crippen LogP contribution in [0.15, 0.2) is 30.6 Å². The Kier molecular flexibility index (Phi) is 1.97. The van der Waals surface area contributed by atoms with Gasteiger partial charge in [0.25, 0.3) is 0 Å². The second-order valence-corrected chi connectivity index (χ2v) is 4.09. The van der Waals surface area contributed by atoms with Gasteiger partial charge in [-0.15, -0.1) is 0 Å². The van der Waals surface area contributed by atoms with Gasteiger partial charge in [-0.05, 0) is 18.2 Å². The third kappa shape index (κ3) is 1.47. The lowest BCUT2D eigenvalue weighted by atomic mass is 10.3. The molecule has 0 saturated heterocycles. The Labute approximate surface area is 96.9 Å². The first kappa shape index (κ1) is 9.42. The van der Waals surface area contributed by atoms with Gasteiger partial charge < -0.3 is 4.98 Å². The highest BCUT2D eigenvalue weighted by molar-refractivity contribution is 6.31. The summed E-state index contributed by atoms with van der Waals surface area (Å²) in [5, 5.41) is 4.81. The molecule has 0 amide bonds. The third-order valence-electron chi connectivity index (χ3n) is 2.42. The normalized spacial score (nSPS) is 11.1. The molecule has 1 aromatic carbocycles. The minimum atomic E-state index is 0.703. The van der Waals surface area contributed by atoms with Crippen molar-refractivity contribution in [3.05, 3.63) is 35.6 Å². The summed E-state index contributed by atoms with van der Waals surface area (Å²) in [5.74, 6) is 0.811. The molecule has 3 rings (SSSR count). The van der Waals surface area contributed by atoms with E-state index in [4.69, 9.17) is 11.6 Å². The second kappa shape index (κ2) is 3.35. The molecular weight excluding hydrogens is 224 g/mol. The lowest BCUT2D eigenvalue weighted by Crippen LogP contribution is -1.84. The van der Waals surface area contributed by atoms with E-state index in [0.29, 0.717) is 5.02 Å². The van der Waals surface area contributed by atoms with Gasteiger partial charge in [0, 0.05) is 18.3 Å². The molecule has 0 radical (unpaired) electrons. The molecule has 2 aromatic heterocycles.